The number of hydrogen-bond acceptors (Lipinski definition) is 5. The van der Waals surface area contributed by atoms with Gasteiger partial charge in [0.15, 0.2) is 5.76 Å². The second-order valence-electron chi connectivity index (χ2n) is 2.53. The Morgan fingerprint density at radius 1 is 1.43 bits per heavy atom. The molecule has 0 spiro atoms. The molecular formula is C8H10ClN3O2. The first-order valence-electron chi connectivity index (χ1n) is 3.96. The van der Waals surface area contributed by atoms with Crippen molar-refractivity contribution in [2.45, 2.75) is 6.42 Å². The molecule has 0 fully saturated rings. The van der Waals surface area contributed by atoms with Crippen molar-refractivity contribution < 1.29 is 8.94 Å². The number of furan rings is 1. The predicted molar refractivity (Wildman–Crippen MR) is 52.0 cm³/mol. The van der Waals surface area contributed by atoms with E-state index < -0.39 is 0 Å². The van der Waals surface area contributed by atoms with Gasteiger partial charge in [0.2, 0.25) is 11.7 Å². The number of rotatable bonds is 3. The zero-order chi connectivity index (χ0) is 9.10. The van der Waals surface area contributed by atoms with Crippen molar-refractivity contribution in [3.05, 3.63) is 24.3 Å². The van der Waals surface area contributed by atoms with Crippen LogP contribution in [0, 0.1) is 0 Å². The van der Waals surface area contributed by atoms with E-state index in [1.165, 1.54) is 0 Å². The number of halogens is 1. The first-order valence-corrected chi connectivity index (χ1v) is 3.96. The van der Waals surface area contributed by atoms with Gasteiger partial charge in [-0.2, -0.15) is 4.98 Å². The van der Waals surface area contributed by atoms with E-state index in [0.717, 1.165) is 0 Å². The molecule has 2 aromatic rings. The second-order valence-corrected chi connectivity index (χ2v) is 2.53. The number of nitrogens with two attached hydrogens (primary N) is 1. The molecule has 2 N–H and O–H groups in total. The first kappa shape index (κ1) is 10.7. The van der Waals surface area contributed by atoms with E-state index >= 15 is 0 Å². The molecule has 2 aromatic heterocycles. The fourth-order valence-corrected chi connectivity index (χ4v) is 0.986. The van der Waals surface area contributed by atoms with Crippen molar-refractivity contribution in [1.29, 1.82) is 0 Å². The minimum Gasteiger partial charge on any atom is -0.461 e. The Morgan fingerprint density at radius 2 is 2.29 bits per heavy atom. The summed E-state index contributed by atoms with van der Waals surface area (Å²) in [5.41, 5.74) is 5.34. The van der Waals surface area contributed by atoms with E-state index in [9.17, 15) is 0 Å². The fraction of sp³-hybridized carbons (Fsp3) is 0.250. The first-order chi connectivity index (χ1) is 6.40. The highest BCUT2D eigenvalue weighted by Crippen LogP contribution is 2.15. The highest BCUT2D eigenvalue weighted by Gasteiger charge is 2.09. The molecule has 6 heteroatoms. The zero-order valence-electron chi connectivity index (χ0n) is 7.34. The average Bonchev–Trinajstić information content (AvgIpc) is 2.70. The monoisotopic (exact) mass is 215 g/mol. The molecule has 0 saturated carbocycles. The van der Waals surface area contributed by atoms with E-state index in [2.05, 4.69) is 10.1 Å². The SMILES string of the molecule is Cl.NCCc1nc(-c2ccco2)no1. The molecule has 14 heavy (non-hydrogen) atoms. The topological polar surface area (TPSA) is 78.1 Å². The van der Waals surface area contributed by atoms with Crippen LogP contribution in [0.1, 0.15) is 5.89 Å². The van der Waals surface area contributed by atoms with Gasteiger partial charge in [-0.3, -0.25) is 0 Å². The maximum absolute atomic E-state index is 5.34. The van der Waals surface area contributed by atoms with Crippen LogP contribution in [-0.2, 0) is 6.42 Å². The van der Waals surface area contributed by atoms with Gasteiger partial charge in [-0.1, -0.05) is 5.16 Å². The highest BCUT2D eigenvalue weighted by molar-refractivity contribution is 5.85. The normalized spacial score (nSPS) is 9.79. The third kappa shape index (κ3) is 2.12. The summed E-state index contributed by atoms with van der Waals surface area (Å²) in [6.07, 6.45) is 2.15. The largest absolute Gasteiger partial charge is 0.461 e. The lowest BCUT2D eigenvalue weighted by Gasteiger charge is -1.84. The van der Waals surface area contributed by atoms with Crippen LogP contribution in [-0.4, -0.2) is 16.7 Å². The van der Waals surface area contributed by atoms with Crippen molar-refractivity contribution in [1.82, 2.24) is 10.1 Å². The van der Waals surface area contributed by atoms with Crippen LogP contribution in [0.5, 0.6) is 0 Å². The fourth-order valence-electron chi connectivity index (χ4n) is 0.986. The smallest absolute Gasteiger partial charge is 0.238 e. The van der Waals surface area contributed by atoms with E-state index in [-0.39, 0.29) is 12.4 Å². The minimum atomic E-state index is 0. The van der Waals surface area contributed by atoms with Crippen LogP contribution < -0.4 is 5.73 Å². The maximum Gasteiger partial charge on any atom is 0.238 e. The summed E-state index contributed by atoms with van der Waals surface area (Å²) in [6.45, 7) is 0.500. The van der Waals surface area contributed by atoms with Crippen molar-refractivity contribution >= 4 is 12.4 Å². The molecule has 0 bridgehead atoms. The van der Waals surface area contributed by atoms with Gasteiger partial charge < -0.3 is 14.7 Å². The number of aromatic nitrogens is 2. The Morgan fingerprint density at radius 3 is 2.93 bits per heavy atom. The van der Waals surface area contributed by atoms with Crippen LogP contribution in [0.2, 0.25) is 0 Å². The summed E-state index contributed by atoms with van der Waals surface area (Å²) < 4.78 is 10.0. The van der Waals surface area contributed by atoms with E-state index in [0.29, 0.717) is 30.4 Å². The Balaban J connectivity index is 0.000000980. The quantitative estimate of drug-likeness (QED) is 0.834. The van der Waals surface area contributed by atoms with Gasteiger partial charge in [-0.05, 0) is 12.1 Å². The van der Waals surface area contributed by atoms with Crippen LogP contribution in [0.3, 0.4) is 0 Å². The standard InChI is InChI=1S/C8H9N3O2.ClH/c9-4-3-7-10-8(11-13-7)6-2-1-5-12-6;/h1-2,5H,3-4,9H2;1H. The third-order valence-corrected chi connectivity index (χ3v) is 1.57. The van der Waals surface area contributed by atoms with E-state index in [1.54, 1.807) is 18.4 Å². The van der Waals surface area contributed by atoms with Crippen molar-refractivity contribution in [2.75, 3.05) is 6.54 Å². The van der Waals surface area contributed by atoms with Gasteiger partial charge in [-0.25, -0.2) is 0 Å². The summed E-state index contributed by atoms with van der Waals surface area (Å²) in [5, 5.41) is 3.74. The van der Waals surface area contributed by atoms with Crippen LogP contribution in [0.15, 0.2) is 27.3 Å². The van der Waals surface area contributed by atoms with Crippen LogP contribution in [0.4, 0.5) is 0 Å². The van der Waals surface area contributed by atoms with Gasteiger partial charge >= 0.3 is 0 Å². The molecule has 0 unspecified atom stereocenters. The van der Waals surface area contributed by atoms with Crippen LogP contribution >= 0.6 is 12.4 Å². The second kappa shape index (κ2) is 4.78. The van der Waals surface area contributed by atoms with Gasteiger partial charge in [0, 0.05) is 13.0 Å². The molecule has 76 valence electrons. The van der Waals surface area contributed by atoms with Crippen LogP contribution in [0.25, 0.3) is 11.6 Å². The summed E-state index contributed by atoms with van der Waals surface area (Å²) in [4.78, 5) is 4.09. The Labute approximate surface area is 86.7 Å². The number of nitrogens with zero attached hydrogens (tertiary/aromatic N) is 2. The molecule has 2 rings (SSSR count). The minimum absolute atomic E-state index is 0. The molecular weight excluding hydrogens is 206 g/mol. The molecule has 0 aliphatic carbocycles. The Kier molecular flexibility index (Phi) is 3.67. The van der Waals surface area contributed by atoms with E-state index in [1.807, 2.05) is 0 Å². The molecule has 2 heterocycles. The molecule has 0 saturated heterocycles. The van der Waals surface area contributed by atoms with Gasteiger partial charge in [-0.15, -0.1) is 12.4 Å². The summed E-state index contributed by atoms with van der Waals surface area (Å²) in [5.74, 6) is 1.61. The average molecular weight is 216 g/mol. The molecule has 0 aliphatic rings. The predicted octanol–water partition coefficient (Wildman–Crippen LogP) is 1.25. The van der Waals surface area contributed by atoms with Gasteiger partial charge in [0.1, 0.15) is 0 Å². The lowest BCUT2D eigenvalue weighted by Crippen LogP contribution is -2.02. The number of hydrogen-bond donors (Lipinski definition) is 1. The molecule has 0 radical (unpaired) electrons. The highest BCUT2D eigenvalue weighted by atomic mass is 35.5. The van der Waals surface area contributed by atoms with Gasteiger partial charge in [0.05, 0.1) is 6.26 Å². The lowest BCUT2D eigenvalue weighted by atomic mass is 10.4. The zero-order valence-corrected chi connectivity index (χ0v) is 8.16. The maximum atomic E-state index is 5.34. The lowest BCUT2D eigenvalue weighted by molar-refractivity contribution is 0.379. The summed E-state index contributed by atoms with van der Waals surface area (Å²) in [7, 11) is 0. The molecule has 0 atom stereocenters. The molecule has 0 amide bonds. The third-order valence-electron chi connectivity index (χ3n) is 1.57. The summed E-state index contributed by atoms with van der Waals surface area (Å²) >= 11 is 0. The van der Waals surface area contributed by atoms with Crippen molar-refractivity contribution in [3.8, 4) is 11.6 Å². The Hall–Kier alpha value is -1.33. The summed E-state index contributed by atoms with van der Waals surface area (Å²) in [6, 6.07) is 3.55. The molecule has 0 aliphatic heterocycles. The molecule has 0 aromatic carbocycles. The molecule has 5 nitrogen and oxygen atoms in total. The van der Waals surface area contributed by atoms with Crippen molar-refractivity contribution in [2.24, 2.45) is 5.73 Å². The van der Waals surface area contributed by atoms with E-state index in [4.69, 9.17) is 14.7 Å². The Bertz CT molecular complexity index is 372. The van der Waals surface area contributed by atoms with Gasteiger partial charge in [0.25, 0.3) is 0 Å². The van der Waals surface area contributed by atoms with Crippen molar-refractivity contribution in [3.63, 3.8) is 0 Å².